The van der Waals surface area contributed by atoms with Crippen LogP contribution in [0.25, 0.3) is 10.9 Å². The molecule has 0 aliphatic heterocycles. The van der Waals surface area contributed by atoms with E-state index in [1.807, 2.05) is 54.6 Å². The van der Waals surface area contributed by atoms with E-state index in [0.29, 0.717) is 16.5 Å². The number of nitrogens with one attached hydrogen (secondary N) is 2. The Morgan fingerprint density at radius 3 is 2.55 bits per heavy atom. The maximum absolute atomic E-state index is 11.3. The first kappa shape index (κ1) is 14.4. The molecule has 2 aromatic carbocycles. The molecule has 2 N–H and O–H groups in total. The quantitative estimate of drug-likeness (QED) is 0.744. The van der Waals surface area contributed by atoms with Crippen molar-refractivity contribution in [2.24, 2.45) is 0 Å². The molecule has 0 aliphatic carbocycles. The number of aromatic nitrogens is 1. The molecule has 0 fully saturated rings. The zero-order valence-electron chi connectivity index (χ0n) is 11.9. The van der Waals surface area contributed by atoms with Crippen molar-refractivity contribution < 1.29 is 4.79 Å². The largest absolute Gasteiger partial charge is 0.339 e. The number of hydrogen-bond donors (Lipinski definition) is 2. The Labute approximate surface area is 133 Å². The summed E-state index contributed by atoms with van der Waals surface area (Å²) in [5, 5.41) is 7.59. The second kappa shape index (κ2) is 6.03. The minimum atomic E-state index is -0.122. The number of pyridine rings is 1. The van der Waals surface area contributed by atoms with Crippen molar-refractivity contribution in [2.45, 2.75) is 6.92 Å². The smallest absolute Gasteiger partial charge is 0.221 e. The fraction of sp³-hybridized carbons (Fsp3) is 0.0588. The first-order chi connectivity index (χ1) is 10.6. The van der Waals surface area contributed by atoms with Gasteiger partial charge in [0.2, 0.25) is 5.91 Å². The Morgan fingerprint density at radius 2 is 1.77 bits per heavy atom. The number of fused-ring (bicyclic) bond motifs is 1. The summed E-state index contributed by atoms with van der Waals surface area (Å²) < 4.78 is 0. The molecular formula is C17H14ClN3O. The van der Waals surface area contributed by atoms with Crippen molar-refractivity contribution in [3.8, 4) is 0 Å². The lowest BCUT2D eigenvalue weighted by Crippen LogP contribution is -2.08. The minimum Gasteiger partial charge on any atom is -0.339 e. The maximum Gasteiger partial charge on any atom is 0.221 e. The third-order valence-corrected chi connectivity index (χ3v) is 3.48. The molecule has 1 amide bonds. The molecule has 3 aromatic rings. The van der Waals surface area contributed by atoms with Gasteiger partial charge in [-0.05, 0) is 30.3 Å². The molecule has 22 heavy (non-hydrogen) atoms. The van der Waals surface area contributed by atoms with E-state index >= 15 is 0 Å². The standard InChI is InChI=1S/C17H14ClN3O/c1-11(22)19-14-7-2-3-8-15(14)20-16-10-9-12-5-4-6-13(18)17(12)21-16/h2-10H,1H3,(H,19,22)(H,20,21). The van der Waals surface area contributed by atoms with Gasteiger partial charge in [0.15, 0.2) is 0 Å². The maximum atomic E-state index is 11.3. The third kappa shape index (κ3) is 3.02. The van der Waals surface area contributed by atoms with E-state index in [0.717, 1.165) is 16.6 Å². The number of hydrogen-bond acceptors (Lipinski definition) is 3. The number of rotatable bonds is 3. The Kier molecular flexibility index (Phi) is 3.94. The lowest BCUT2D eigenvalue weighted by Gasteiger charge is -2.12. The van der Waals surface area contributed by atoms with Crippen LogP contribution in [-0.4, -0.2) is 10.9 Å². The molecule has 0 unspecified atom stereocenters. The number of nitrogens with zero attached hydrogens (tertiary/aromatic N) is 1. The van der Waals surface area contributed by atoms with Crippen LogP contribution in [0.15, 0.2) is 54.6 Å². The molecule has 0 radical (unpaired) electrons. The van der Waals surface area contributed by atoms with E-state index in [9.17, 15) is 4.79 Å². The van der Waals surface area contributed by atoms with Gasteiger partial charge in [0.25, 0.3) is 0 Å². The van der Waals surface area contributed by atoms with E-state index < -0.39 is 0 Å². The Balaban J connectivity index is 1.97. The highest BCUT2D eigenvalue weighted by molar-refractivity contribution is 6.35. The highest BCUT2D eigenvalue weighted by Crippen LogP contribution is 2.27. The monoisotopic (exact) mass is 311 g/mol. The summed E-state index contributed by atoms with van der Waals surface area (Å²) >= 11 is 6.18. The van der Waals surface area contributed by atoms with Gasteiger partial charge in [-0.25, -0.2) is 4.98 Å². The van der Waals surface area contributed by atoms with Gasteiger partial charge < -0.3 is 10.6 Å². The molecule has 1 heterocycles. The van der Waals surface area contributed by atoms with Crippen molar-refractivity contribution >= 4 is 45.6 Å². The summed E-state index contributed by atoms with van der Waals surface area (Å²) in [6.45, 7) is 1.48. The lowest BCUT2D eigenvalue weighted by atomic mass is 10.2. The van der Waals surface area contributed by atoms with Gasteiger partial charge in [-0.3, -0.25) is 4.79 Å². The van der Waals surface area contributed by atoms with Crippen molar-refractivity contribution in [2.75, 3.05) is 10.6 Å². The average molecular weight is 312 g/mol. The third-order valence-electron chi connectivity index (χ3n) is 3.17. The second-order valence-corrected chi connectivity index (χ2v) is 5.27. The fourth-order valence-corrected chi connectivity index (χ4v) is 2.43. The Bertz CT molecular complexity index is 848. The van der Waals surface area contributed by atoms with E-state index in [4.69, 9.17) is 11.6 Å². The number of anilines is 3. The highest BCUT2D eigenvalue weighted by Gasteiger charge is 2.06. The summed E-state index contributed by atoms with van der Waals surface area (Å²) in [5.41, 5.74) is 2.22. The molecule has 1 aromatic heterocycles. The molecule has 5 heteroatoms. The summed E-state index contributed by atoms with van der Waals surface area (Å²) in [4.78, 5) is 15.8. The number of para-hydroxylation sites is 3. The van der Waals surface area contributed by atoms with Crippen molar-refractivity contribution in [3.05, 3.63) is 59.6 Å². The molecule has 0 saturated carbocycles. The summed E-state index contributed by atoms with van der Waals surface area (Å²) in [5.74, 6) is 0.544. The van der Waals surface area contributed by atoms with Crippen LogP contribution in [0.2, 0.25) is 5.02 Å². The van der Waals surface area contributed by atoms with Crippen LogP contribution in [0.4, 0.5) is 17.2 Å². The zero-order valence-corrected chi connectivity index (χ0v) is 12.7. The lowest BCUT2D eigenvalue weighted by molar-refractivity contribution is -0.114. The Hall–Kier alpha value is -2.59. The van der Waals surface area contributed by atoms with Crippen LogP contribution < -0.4 is 10.6 Å². The molecule has 0 atom stereocenters. The van der Waals surface area contributed by atoms with Gasteiger partial charge in [0.1, 0.15) is 5.82 Å². The molecule has 3 rings (SSSR count). The normalized spacial score (nSPS) is 10.5. The summed E-state index contributed by atoms with van der Waals surface area (Å²) in [6.07, 6.45) is 0. The first-order valence-electron chi connectivity index (χ1n) is 6.82. The number of carbonyl (C=O) groups is 1. The van der Waals surface area contributed by atoms with Crippen LogP contribution in [0.5, 0.6) is 0 Å². The average Bonchev–Trinajstić information content (AvgIpc) is 2.50. The van der Waals surface area contributed by atoms with E-state index in [2.05, 4.69) is 15.6 Å². The van der Waals surface area contributed by atoms with Gasteiger partial charge in [-0.2, -0.15) is 0 Å². The van der Waals surface area contributed by atoms with Gasteiger partial charge in [0.05, 0.1) is 21.9 Å². The van der Waals surface area contributed by atoms with Crippen molar-refractivity contribution in [1.29, 1.82) is 0 Å². The number of benzene rings is 2. The van der Waals surface area contributed by atoms with Gasteiger partial charge in [-0.1, -0.05) is 35.9 Å². The number of carbonyl (C=O) groups excluding carboxylic acids is 1. The predicted octanol–water partition coefficient (Wildman–Crippen LogP) is 4.59. The summed E-state index contributed by atoms with van der Waals surface area (Å²) in [7, 11) is 0. The predicted molar refractivity (Wildman–Crippen MR) is 90.8 cm³/mol. The highest BCUT2D eigenvalue weighted by atomic mass is 35.5. The van der Waals surface area contributed by atoms with Crippen LogP contribution in [0.3, 0.4) is 0 Å². The van der Waals surface area contributed by atoms with Crippen LogP contribution in [0.1, 0.15) is 6.92 Å². The minimum absolute atomic E-state index is 0.122. The molecule has 110 valence electrons. The molecule has 4 nitrogen and oxygen atoms in total. The zero-order chi connectivity index (χ0) is 15.5. The number of halogens is 1. The van der Waals surface area contributed by atoms with Crippen molar-refractivity contribution in [1.82, 2.24) is 4.98 Å². The topological polar surface area (TPSA) is 54.0 Å². The molecule has 0 aliphatic rings. The molecule has 0 saturated heterocycles. The van der Waals surface area contributed by atoms with Gasteiger partial charge >= 0.3 is 0 Å². The van der Waals surface area contributed by atoms with Crippen LogP contribution in [-0.2, 0) is 4.79 Å². The molecule has 0 bridgehead atoms. The van der Waals surface area contributed by atoms with E-state index in [1.54, 1.807) is 0 Å². The summed E-state index contributed by atoms with van der Waals surface area (Å²) in [6, 6.07) is 17.0. The Morgan fingerprint density at radius 1 is 1.00 bits per heavy atom. The molecule has 0 spiro atoms. The fourth-order valence-electron chi connectivity index (χ4n) is 2.21. The van der Waals surface area contributed by atoms with E-state index in [1.165, 1.54) is 6.92 Å². The SMILES string of the molecule is CC(=O)Nc1ccccc1Nc1ccc2cccc(Cl)c2n1. The van der Waals surface area contributed by atoms with Crippen LogP contribution >= 0.6 is 11.6 Å². The first-order valence-corrected chi connectivity index (χ1v) is 7.20. The molecular weight excluding hydrogens is 298 g/mol. The van der Waals surface area contributed by atoms with Crippen molar-refractivity contribution in [3.63, 3.8) is 0 Å². The number of amides is 1. The van der Waals surface area contributed by atoms with Gasteiger partial charge in [0, 0.05) is 12.3 Å². The van der Waals surface area contributed by atoms with E-state index in [-0.39, 0.29) is 5.91 Å². The van der Waals surface area contributed by atoms with Gasteiger partial charge in [-0.15, -0.1) is 0 Å². The second-order valence-electron chi connectivity index (χ2n) is 4.86. The van der Waals surface area contributed by atoms with Crippen LogP contribution in [0, 0.1) is 0 Å².